The Morgan fingerprint density at radius 1 is 0.897 bits per heavy atom. The van der Waals surface area contributed by atoms with E-state index in [1.807, 2.05) is 33.8 Å². The Labute approximate surface area is 333 Å². The van der Waals surface area contributed by atoms with Crippen LogP contribution < -0.4 is 26.0 Å². The van der Waals surface area contributed by atoms with E-state index in [1.165, 1.54) is 6.20 Å². The van der Waals surface area contributed by atoms with Gasteiger partial charge in [-0.25, -0.2) is 15.0 Å². The van der Waals surface area contributed by atoms with Gasteiger partial charge in [0.15, 0.2) is 11.5 Å². The van der Waals surface area contributed by atoms with Crippen molar-refractivity contribution in [2.45, 2.75) is 57.4 Å². The number of hydrogen-bond acceptors (Lipinski definition) is 13. The minimum atomic E-state index is -1.02. The molecule has 0 saturated carbocycles. The molecule has 0 aliphatic carbocycles. The smallest absolute Gasteiger partial charge is 0.266 e. The molecule has 4 N–H and O–H groups in total. The number of anilines is 4. The van der Waals surface area contributed by atoms with Crippen LogP contribution in [0.2, 0.25) is 0 Å². The van der Waals surface area contributed by atoms with Crippen LogP contribution >= 0.6 is 0 Å². The lowest BCUT2D eigenvalue weighted by atomic mass is 10.0. The summed E-state index contributed by atoms with van der Waals surface area (Å²) in [6.45, 7) is 3.19. The molecule has 298 valence electrons. The summed E-state index contributed by atoms with van der Waals surface area (Å²) in [6.07, 6.45) is 13.5. The van der Waals surface area contributed by atoms with Crippen LogP contribution in [0, 0.1) is 0 Å². The van der Waals surface area contributed by atoms with Gasteiger partial charge < -0.3 is 30.0 Å². The molecular formula is C41H43N11O6. The first-order chi connectivity index (χ1) is 28.2. The summed E-state index contributed by atoms with van der Waals surface area (Å²) in [6, 6.07) is 12.0. The van der Waals surface area contributed by atoms with E-state index in [9.17, 15) is 24.0 Å². The minimum absolute atomic E-state index is 0.0613. The van der Waals surface area contributed by atoms with Gasteiger partial charge in [-0.15, -0.1) is 0 Å². The lowest BCUT2D eigenvalue weighted by Crippen LogP contribution is -2.54. The number of benzene rings is 2. The van der Waals surface area contributed by atoms with Crippen molar-refractivity contribution in [3.63, 3.8) is 0 Å². The number of piperidine rings is 1. The molecule has 5 amide bonds. The van der Waals surface area contributed by atoms with Gasteiger partial charge in [-0.3, -0.25) is 39.2 Å². The molecule has 3 aliphatic heterocycles. The van der Waals surface area contributed by atoms with Crippen LogP contribution in [0.15, 0.2) is 73.4 Å². The summed E-state index contributed by atoms with van der Waals surface area (Å²) in [5, 5.41) is 5.60. The van der Waals surface area contributed by atoms with Gasteiger partial charge in [-0.1, -0.05) is 25.3 Å². The van der Waals surface area contributed by atoms with E-state index in [0.717, 1.165) is 61.5 Å². The van der Waals surface area contributed by atoms with Crippen molar-refractivity contribution in [1.29, 1.82) is 0 Å². The lowest BCUT2D eigenvalue weighted by Gasteiger charge is -2.36. The number of nitrogens with zero attached hydrogens (tertiary/aromatic N) is 8. The molecule has 1 atom stereocenters. The first-order valence-corrected chi connectivity index (χ1v) is 19.5. The summed E-state index contributed by atoms with van der Waals surface area (Å²) >= 11 is 0. The number of imide groups is 2. The van der Waals surface area contributed by atoms with Crippen molar-refractivity contribution < 1.29 is 28.7 Å². The van der Waals surface area contributed by atoms with E-state index in [4.69, 9.17) is 15.5 Å². The van der Waals surface area contributed by atoms with Gasteiger partial charge in [0.05, 0.1) is 30.1 Å². The number of ether oxygens (including phenoxy) is 1. The van der Waals surface area contributed by atoms with Crippen molar-refractivity contribution in [3.8, 4) is 17.1 Å². The Bertz CT molecular complexity index is 2370. The van der Waals surface area contributed by atoms with Crippen molar-refractivity contribution in [3.05, 3.63) is 84.6 Å². The van der Waals surface area contributed by atoms with Crippen LogP contribution in [0.25, 0.3) is 17.0 Å². The Morgan fingerprint density at radius 3 is 2.48 bits per heavy atom. The third-order valence-corrected chi connectivity index (χ3v) is 10.6. The number of nitrogens with two attached hydrogens (primary N) is 1. The monoisotopic (exact) mass is 785 g/mol. The quantitative estimate of drug-likeness (QED) is 0.108. The largest absolute Gasteiger partial charge is 0.493 e. The Hall–Kier alpha value is -6.91. The molecule has 2 saturated heterocycles. The van der Waals surface area contributed by atoms with E-state index in [1.54, 1.807) is 30.6 Å². The average molecular weight is 786 g/mol. The van der Waals surface area contributed by atoms with Gasteiger partial charge in [0.2, 0.25) is 17.7 Å². The average Bonchev–Trinajstić information content (AvgIpc) is 3.81. The second kappa shape index (κ2) is 16.7. The second-order valence-corrected chi connectivity index (χ2v) is 14.5. The highest BCUT2D eigenvalue weighted by Crippen LogP contribution is 2.34. The zero-order valence-electron chi connectivity index (χ0n) is 31.8. The van der Waals surface area contributed by atoms with Crippen LogP contribution in [0.5, 0.6) is 5.75 Å². The van der Waals surface area contributed by atoms with Crippen molar-refractivity contribution >= 4 is 58.2 Å². The zero-order valence-corrected chi connectivity index (χ0v) is 31.8. The number of nitrogens with one attached hydrogen (secondary N) is 2. The number of amides is 5. The number of piperazine rings is 1. The van der Waals surface area contributed by atoms with Crippen LogP contribution in [-0.2, 0) is 14.4 Å². The highest BCUT2D eigenvalue weighted by atomic mass is 16.5. The summed E-state index contributed by atoms with van der Waals surface area (Å²) in [5.74, 6) is -0.832. The molecule has 0 radical (unpaired) electrons. The van der Waals surface area contributed by atoms with Crippen molar-refractivity contribution in [2.24, 2.45) is 0 Å². The first-order valence-electron chi connectivity index (χ1n) is 19.5. The van der Waals surface area contributed by atoms with Gasteiger partial charge in [0.25, 0.3) is 11.8 Å². The fourth-order valence-electron chi connectivity index (χ4n) is 7.60. The van der Waals surface area contributed by atoms with E-state index < -0.39 is 29.7 Å². The molecule has 2 fully saturated rings. The fraction of sp³-hybridized carbons (Fsp3) is 0.341. The fourth-order valence-corrected chi connectivity index (χ4v) is 7.60. The molecule has 17 heteroatoms. The van der Waals surface area contributed by atoms with Crippen molar-refractivity contribution in [1.82, 2.24) is 39.5 Å². The highest BCUT2D eigenvalue weighted by Gasteiger charge is 2.46. The third kappa shape index (κ3) is 8.00. The Kier molecular flexibility index (Phi) is 10.9. The summed E-state index contributed by atoms with van der Waals surface area (Å²) < 4.78 is 7.81. The number of rotatable bonds is 14. The van der Waals surface area contributed by atoms with E-state index in [0.29, 0.717) is 60.5 Å². The molecule has 17 nitrogen and oxygen atoms in total. The first kappa shape index (κ1) is 38.0. The molecule has 0 spiro atoms. The summed E-state index contributed by atoms with van der Waals surface area (Å²) in [7, 11) is 0. The lowest BCUT2D eigenvalue weighted by molar-refractivity contribution is -0.136. The van der Waals surface area contributed by atoms with Gasteiger partial charge in [-0.05, 0) is 55.7 Å². The number of unbranched alkanes of at least 4 members (excludes halogenated alkanes) is 4. The number of fused-ring (bicyclic) bond motifs is 2. The second-order valence-electron chi connectivity index (χ2n) is 14.5. The standard InChI is InChI=1S/C41H43N11O6/c42-33-24-43-23-29(46-33)30-25-51-17-16-44-38(51)37(47-30)45-26-10-12-27(13-11-26)49-18-20-50(21-19-49)35(54)9-4-2-1-3-5-22-58-32-8-6-7-28-36(32)41(57)52(40(28)56)31-14-15-34(53)48-39(31)55/h6-8,10-13,16-17,23-25,31H,1-5,9,14-15,18-22H2,(H2,42,46)(H,45,47)(H,48,53,55). The molecule has 0 bridgehead atoms. The van der Waals surface area contributed by atoms with Gasteiger partial charge in [0.1, 0.15) is 29.0 Å². The SMILES string of the molecule is Nc1cncc(-c2cn3ccnc3c(Nc3ccc(N4CCN(C(=O)CCCCCCCOc5cccc6c5C(=O)N(C5CCC(=O)NC5=O)C6=O)CC4)cc3)n2)n1. The summed E-state index contributed by atoms with van der Waals surface area (Å²) in [4.78, 5) is 86.2. The van der Waals surface area contributed by atoms with Crippen LogP contribution in [0.3, 0.4) is 0 Å². The van der Waals surface area contributed by atoms with Crippen LogP contribution in [0.1, 0.15) is 72.1 Å². The Balaban J connectivity index is 0.740. The van der Waals surface area contributed by atoms with E-state index in [2.05, 4.69) is 42.6 Å². The number of aromatic nitrogens is 5. The van der Waals surface area contributed by atoms with Gasteiger partial charge in [-0.2, -0.15) is 0 Å². The molecule has 3 aliphatic rings. The highest BCUT2D eigenvalue weighted by molar-refractivity contribution is 6.24. The molecule has 2 aromatic carbocycles. The Morgan fingerprint density at radius 2 is 1.69 bits per heavy atom. The molecule has 3 aromatic heterocycles. The third-order valence-electron chi connectivity index (χ3n) is 10.6. The number of nitrogen functional groups attached to an aromatic ring is 1. The van der Waals surface area contributed by atoms with Crippen LogP contribution in [-0.4, -0.2) is 103 Å². The topological polar surface area (TPSA) is 210 Å². The molecule has 6 heterocycles. The van der Waals surface area contributed by atoms with Crippen molar-refractivity contribution in [2.75, 3.05) is 48.7 Å². The maximum atomic E-state index is 13.3. The number of imidazole rings is 1. The summed E-state index contributed by atoms with van der Waals surface area (Å²) in [5.41, 5.74) is 9.97. The maximum Gasteiger partial charge on any atom is 0.266 e. The number of carbonyl (C=O) groups is 5. The minimum Gasteiger partial charge on any atom is -0.493 e. The van der Waals surface area contributed by atoms with E-state index >= 15 is 0 Å². The van der Waals surface area contributed by atoms with E-state index in [-0.39, 0.29) is 29.9 Å². The molecular weight excluding hydrogens is 743 g/mol. The normalized spacial score (nSPS) is 16.8. The predicted molar refractivity (Wildman–Crippen MR) is 213 cm³/mol. The molecule has 8 rings (SSSR count). The zero-order chi connectivity index (χ0) is 40.2. The maximum absolute atomic E-state index is 13.3. The predicted octanol–water partition coefficient (Wildman–Crippen LogP) is 3.98. The number of carbonyl (C=O) groups excluding carboxylic acids is 5. The number of hydrogen-bond donors (Lipinski definition) is 3. The molecule has 1 unspecified atom stereocenters. The van der Waals surface area contributed by atoms with Gasteiger partial charge in [0, 0.05) is 69.0 Å². The molecule has 58 heavy (non-hydrogen) atoms. The van der Waals surface area contributed by atoms with Gasteiger partial charge >= 0.3 is 0 Å². The van der Waals surface area contributed by atoms with Crippen LogP contribution in [0.4, 0.5) is 23.0 Å². The molecule has 5 aromatic rings.